The number of para-hydroxylation sites is 1. The maximum atomic E-state index is 13.2. The summed E-state index contributed by atoms with van der Waals surface area (Å²) in [6, 6.07) is 10.0. The van der Waals surface area contributed by atoms with Crippen LogP contribution in [-0.2, 0) is 31.8 Å². The highest BCUT2D eigenvalue weighted by Crippen LogP contribution is 2.42. The number of hydrogen-bond acceptors (Lipinski definition) is 9. The van der Waals surface area contributed by atoms with Crippen LogP contribution in [0, 0.1) is 0 Å². The molecule has 0 fully saturated rings. The molecule has 0 unspecified atom stereocenters. The Hall–Kier alpha value is -3.92. The van der Waals surface area contributed by atoms with Crippen molar-refractivity contribution in [3.05, 3.63) is 83.8 Å². The molecule has 1 amide bonds. The molecule has 0 aliphatic rings. The second kappa shape index (κ2) is 14.8. The van der Waals surface area contributed by atoms with Gasteiger partial charge in [0, 0.05) is 44.7 Å². The SMILES string of the molecule is C=CCN(C(=O)OS(=O)(=O)NCCc1ccccn1)c1c(OCCOC)cccc1Oc1ncc(C(F)(F)F)cc1Cl. The van der Waals surface area contributed by atoms with Crippen LogP contribution in [0.3, 0.4) is 0 Å². The van der Waals surface area contributed by atoms with Crippen molar-refractivity contribution in [2.75, 3.05) is 38.3 Å². The lowest BCUT2D eigenvalue weighted by Gasteiger charge is -2.25. The van der Waals surface area contributed by atoms with E-state index in [1.165, 1.54) is 31.4 Å². The summed E-state index contributed by atoms with van der Waals surface area (Å²) in [4.78, 5) is 21.8. The number of halogens is 4. The van der Waals surface area contributed by atoms with Crippen LogP contribution in [0.5, 0.6) is 17.4 Å². The molecular formula is C26H26ClF3N4O7S. The summed E-state index contributed by atoms with van der Waals surface area (Å²) < 4.78 is 87.7. The van der Waals surface area contributed by atoms with Gasteiger partial charge < -0.3 is 18.4 Å². The van der Waals surface area contributed by atoms with Crippen molar-refractivity contribution in [1.29, 1.82) is 0 Å². The first-order valence-electron chi connectivity index (χ1n) is 12.1. The smallest absolute Gasteiger partial charge is 0.431 e. The van der Waals surface area contributed by atoms with Gasteiger partial charge in [-0.25, -0.2) is 9.78 Å². The Morgan fingerprint density at radius 1 is 1.14 bits per heavy atom. The molecule has 11 nitrogen and oxygen atoms in total. The average molecular weight is 631 g/mol. The number of hydrogen-bond donors (Lipinski definition) is 1. The van der Waals surface area contributed by atoms with Gasteiger partial charge in [-0.3, -0.25) is 9.88 Å². The Balaban J connectivity index is 1.92. The van der Waals surface area contributed by atoms with Crippen molar-refractivity contribution in [3.8, 4) is 17.4 Å². The van der Waals surface area contributed by atoms with Gasteiger partial charge in [-0.05, 0) is 30.3 Å². The van der Waals surface area contributed by atoms with E-state index in [9.17, 15) is 26.4 Å². The minimum atomic E-state index is -4.70. The third-order valence-corrected chi connectivity index (χ3v) is 6.41. The van der Waals surface area contributed by atoms with Crippen molar-refractivity contribution in [1.82, 2.24) is 14.7 Å². The lowest BCUT2D eigenvalue weighted by atomic mass is 10.2. The van der Waals surface area contributed by atoms with Gasteiger partial charge in [0.15, 0.2) is 5.75 Å². The fourth-order valence-corrected chi connectivity index (χ4v) is 4.26. The van der Waals surface area contributed by atoms with Crippen LogP contribution in [0.1, 0.15) is 11.3 Å². The number of aromatic nitrogens is 2. The first-order valence-corrected chi connectivity index (χ1v) is 13.9. The van der Waals surface area contributed by atoms with E-state index in [1.807, 2.05) is 0 Å². The largest absolute Gasteiger partial charge is 0.489 e. The fourth-order valence-electron chi connectivity index (χ4n) is 3.37. The molecule has 0 radical (unpaired) electrons. The number of alkyl halides is 3. The predicted octanol–water partition coefficient (Wildman–Crippen LogP) is 5.17. The second-order valence-electron chi connectivity index (χ2n) is 8.22. The van der Waals surface area contributed by atoms with Crippen molar-refractivity contribution >= 4 is 33.7 Å². The molecule has 0 saturated heterocycles. The summed E-state index contributed by atoms with van der Waals surface area (Å²) in [7, 11) is -3.16. The predicted molar refractivity (Wildman–Crippen MR) is 147 cm³/mol. The molecule has 226 valence electrons. The molecule has 0 atom stereocenters. The third kappa shape index (κ3) is 9.30. The van der Waals surface area contributed by atoms with E-state index in [0.717, 1.165) is 4.90 Å². The van der Waals surface area contributed by atoms with E-state index in [-0.39, 0.29) is 49.9 Å². The fraction of sp³-hybridized carbons (Fsp3) is 0.269. The monoisotopic (exact) mass is 630 g/mol. The molecule has 0 aliphatic heterocycles. The van der Waals surface area contributed by atoms with E-state index in [2.05, 4.69) is 21.3 Å². The maximum Gasteiger partial charge on any atom is 0.431 e. The molecule has 0 saturated carbocycles. The van der Waals surface area contributed by atoms with Gasteiger partial charge in [-0.1, -0.05) is 29.8 Å². The number of anilines is 1. The number of amides is 1. The van der Waals surface area contributed by atoms with Gasteiger partial charge in [0.25, 0.3) is 0 Å². The van der Waals surface area contributed by atoms with Crippen LogP contribution in [0.2, 0.25) is 5.02 Å². The number of nitrogens with one attached hydrogen (secondary N) is 1. The Morgan fingerprint density at radius 2 is 1.90 bits per heavy atom. The number of methoxy groups -OCH3 is 1. The Labute approximate surface area is 245 Å². The number of pyridine rings is 2. The van der Waals surface area contributed by atoms with E-state index in [4.69, 9.17) is 30.0 Å². The molecule has 1 N–H and O–H groups in total. The summed E-state index contributed by atoms with van der Waals surface area (Å²) in [6.45, 7) is 3.34. The molecule has 3 rings (SSSR count). The lowest BCUT2D eigenvalue weighted by molar-refractivity contribution is -0.137. The van der Waals surface area contributed by atoms with Crippen LogP contribution in [0.15, 0.2) is 67.5 Å². The summed E-state index contributed by atoms with van der Waals surface area (Å²) in [6.07, 6.45) is -2.48. The summed E-state index contributed by atoms with van der Waals surface area (Å²) in [5, 5.41) is -0.473. The zero-order valence-electron chi connectivity index (χ0n) is 22.1. The minimum absolute atomic E-state index is 0.0105. The van der Waals surface area contributed by atoms with Gasteiger partial charge in [-0.2, -0.15) is 26.3 Å². The highest BCUT2D eigenvalue weighted by Gasteiger charge is 2.33. The molecule has 42 heavy (non-hydrogen) atoms. The third-order valence-electron chi connectivity index (χ3n) is 5.22. The Bertz CT molecular complexity index is 1480. The van der Waals surface area contributed by atoms with Crippen molar-refractivity contribution < 1.29 is 44.8 Å². The number of benzene rings is 1. The average Bonchev–Trinajstić information content (AvgIpc) is 2.93. The maximum absolute atomic E-state index is 13.2. The highest BCUT2D eigenvalue weighted by atomic mass is 35.5. The Morgan fingerprint density at radius 3 is 2.55 bits per heavy atom. The molecule has 2 aromatic heterocycles. The molecule has 0 aliphatic carbocycles. The second-order valence-corrected chi connectivity index (χ2v) is 9.99. The van der Waals surface area contributed by atoms with E-state index < -0.39 is 39.0 Å². The minimum Gasteiger partial charge on any atom is -0.489 e. The van der Waals surface area contributed by atoms with Crippen LogP contribution in [-0.4, -0.2) is 57.9 Å². The van der Waals surface area contributed by atoms with Gasteiger partial charge >= 0.3 is 22.6 Å². The van der Waals surface area contributed by atoms with Crippen LogP contribution in [0.4, 0.5) is 23.7 Å². The molecule has 2 heterocycles. The first kappa shape index (κ1) is 32.6. The van der Waals surface area contributed by atoms with Gasteiger partial charge in [0.1, 0.15) is 23.1 Å². The Kier molecular flexibility index (Phi) is 11.5. The molecule has 3 aromatic rings. The first-order chi connectivity index (χ1) is 19.9. The lowest BCUT2D eigenvalue weighted by Crippen LogP contribution is -2.38. The number of rotatable bonds is 14. The van der Waals surface area contributed by atoms with Gasteiger partial charge in [0.05, 0.1) is 12.2 Å². The van der Waals surface area contributed by atoms with E-state index in [0.29, 0.717) is 18.0 Å². The zero-order valence-corrected chi connectivity index (χ0v) is 23.7. The van der Waals surface area contributed by atoms with Crippen LogP contribution in [0.25, 0.3) is 0 Å². The van der Waals surface area contributed by atoms with Crippen LogP contribution < -0.4 is 19.1 Å². The van der Waals surface area contributed by atoms with E-state index >= 15 is 0 Å². The number of nitrogens with zero attached hydrogens (tertiary/aromatic N) is 3. The van der Waals surface area contributed by atoms with Crippen LogP contribution >= 0.6 is 11.6 Å². The van der Waals surface area contributed by atoms with Crippen molar-refractivity contribution in [2.45, 2.75) is 12.6 Å². The number of ether oxygens (including phenoxy) is 3. The molecule has 16 heteroatoms. The molecule has 1 aromatic carbocycles. The number of carbonyl (C=O) groups is 1. The van der Waals surface area contributed by atoms with E-state index in [1.54, 1.807) is 24.4 Å². The van der Waals surface area contributed by atoms with Crippen molar-refractivity contribution in [3.63, 3.8) is 0 Å². The van der Waals surface area contributed by atoms with Crippen molar-refractivity contribution in [2.24, 2.45) is 0 Å². The quantitative estimate of drug-likeness (QED) is 0.189. The molecule has 0 spiro atoms. The zero-order chi connectivity index (χ0) is 30.8. The summed E-state index contributed by atoms with van der Waals surface area (Å²) in [5.41, 5.74) is -0.631. The topological polar surface area (TPSA) is 129 Å². The normalized spacial score (nSPS) is 11.5. The summed E-state index contributed by atoms with van der Waals surface area (Å²) >= 11 is 6.01. The number of carbonyl (C=O) groups excluding carboxylic acids is 1. The highest BCUT2D eigenvalue weighted by molar-refractivity contribution is 7.85. The molecule has 0 bridgehead atoms. The molecular weight excluding hydrogens is 605 g/mol. The standard InChI is InChI=1S/C26H26ClF3N4O7S/c1-3-13-34(25(35)41-42(36,37)33-12-10-19-7-4-5-11-31-19)23-21(39-15-14-38-2)8-6-9-22(23)40-24-20(27)16-18(17-32-24)26(28,29)30/h3-9,11,16-17,33H,1,10,12-15H2,2H3. The van der Waals surface area contributed by atoms with Gasteiger partial charge in [-0.15, -0.1) is 6.58 Å². The van der Waals surface area contributed by atoms with Gasteiger partial charge in [0.2, 0.25) is 5.88 Å². The summed E-state index contributed by atoms with van der Waals surface area (Å²) in [5.74, 6) is -0.569.